The van der Waals surface area contributed by atoms with Crippen molar-refractivity contribution in [3.63, 3.8) is 0 Å². The molecule has 1 nitrogen and oxygen atoms in total. The first-order chi connectivity index (χ1) is 8.19. The topological polar surface area (TPSA) is 26.0 Å². The van der Waals surface area contributed by atoms with Gasteiger partial charge in [0, 0.05) is 10.5 Å². The Morgan fingerprint density at radius 1 is 1.24 bits per heavy atom. The first kappa shape index (κ1) is 14.7. The van der Waals surface area contributed by atoms with E-state index in [-0.39, 0.29) is 6.04 Å². The fourth-order valence-corrected chi connectivity index (χ4v) is 2.72. The maximum atomic E-state index is 6.35. The van der Waals surface area contributed by atoms with Gasteiger partial charge in [-0.25, -0.2) is 0 Å². The Hall–Kier alpha value is -0.340. The Labute approximate surface area is 114 Å². The van der Waals surface area contributed by atoms with Crippen LogP contribution in [0.3, 0.4) is 0 Å². The highest BCUT2D eigenvalue weighted by atomic mass is 79.9. The largest absolute Gasteiger partial charge is 0.327 e. The molecular weight excluding hydrogens is 274 g/mol. The van der Waals surface area contributed by atoms with Crippen LogP contribution in [0.1, 0.15) is 45.1 Å². The summed E-state index contributed by atoms with van der Waals surface area (Å²) in [6, 6.07) is 8.67. The molecule has 0 aromatic heterocycles. The van der Waals surface area contributed by atoms with E-state index < -0.39 is 0 Å². The van der Waals surface area contributed by atoms with E-state index >= 15 is 0 Å². The minimum absolute atomic E-state index is 0.283. The average Bonchev–Trinajstić information content (AvgIpc) is 2.33. The zero-order chi connectivity index (χ0) is 12.7. The van der Waals surface area contributed by atoms with E-state index in [1.807, 2.05) is 6.07 Å². The van der Waals surface area contributed by atoms with Gasteiger partial charge in [-0.15, -0.1) is 0 Å². The molecule has 0 fully saturated rings. The van der Waals surface area contributed by atoms with Crippen LogP contribution in [0.15, 0.2) is 28.7 Å². The number of nitrogens with two attached hydrogens (primary N) is 1. The summed E-state index contributed by atoms with van der Waals surface area (Å²) in [6.45, 7) is 4.49. The van der Waals surface area contributed by atoms with Gasteiger partial charge in [0.1, 0.15) is 0 Å². The van der Waals surface area contributed by atoms with Crippen LogP contribution in [-0.2, 0) is 6.42 Å². The Morgan fingerprint density at radius 2 is 1.94 bits per heavy atom. The van der Waals surface area contributed by atoms with Gasteiger partial charge >= 0.3 is 0 Å². The fraction of sp³-hybridized carbons (Fsp3) is 0.600. The van der Waals surface area contributed by atoms with Crippen LogP contribution >= 0.6 is 15.9 Å². The monoisotopic (exact) mass is 297 g/mol. The molecule has 1 aromatic carbocycles. The van der Waals surface area contributed by atoms with Gasteiger partial charge in [-0.3, -0.25) is 0 Å². The Balaban J connectivity index is 2.57. The molecule has 0 amide bonds. The Bertz CT molecular complexity index is 324. The maximum absolute atomic E-state index is 6.35. The van der Waals surface area contributed by atoms with E-state index in [2.05, 4.69) is 48.0 Å². The Kier molecular flexibility index (Phi) is 6.83. The van der Waals surface area contributed by atoms with Crippen molar-refractivity contribution < 1.29 is 0 Å². The lowest BCUT2D eigenvalue weighted by atomic mass is 9.88. The van der Waals surface area contributed by atoms with Crippen molar-refractivity contribution in [2.45, 2.75) is 52.0 Å². The van der Waals surface area contributed by atoms with E-state index in [0.717, 1.165) is 6.42 Å². The van der Waals surface area contributed by atoms with Crippen molar-refractivity contribution in [2.75, 3.05) is 0 Å². The molecule has 0 bridgehead atoms. The lowest BCUT2D eigenvalue weighted by Gasteiger charge is -2.23. The van der Waals surface area contributed by atoms with Gasteiger partial charge in [0.2, 0.25) is 0 Å². The van der Waals surface area contributed by atoms with Crippen molar-refractivity contribution in [1.29, 1.82) is 0 Å². The van der Waals surface area contributed by atoms with E-state index in [1.54, 1.807) is 0 Å². The molecule has 0 spiro atoms. The van der Waals surface area contributed by atoms with E-state index in [0.29, 0.717) is 5.92 Å². The lowest BCUT2D eigenvalue weighted by molar-refractivity contribution is 0.368. The van der Waals surface area contributed by atoms with Crippen molar-refractivity contribution in [3.05, 3.63) is 34.3 Å². The van der Waals surface area contributed by atoms with Gasteiger partial charge in [0.05, 0.1) is 0 Å². The maximum Gasteiger partial charge on any atom is 0.0207 e. The van der Waals surface area contributed by atoms with Crippen LogP contribution in [0.5, 0.6) is 0 Å². The molecule has 0 radical (unpaired) electrons. The first-order valence-electron chi connectivity index (χ1n) is 6.68. The van der Waals surface area contributed by atoms with Crippen LogP contribution < -0.4 is 5.73 Å². The minimum Gasteiger partial charge on any atom is -0.327 e. The molecule has 2 atom stereocenters. The van der Waals surface area contributed by atoms with Crippen molar-refractivity contribution >= 4 is 15.9 Å². The molecule has 0 aliphatic rings. The standard InChI is InChI=1S/C15H24BrN/c1-3-5-8-12(4-2)15(17)11-13-9-6-7-10-14(13)16/h6-7,9-10,12,15H,3-5,8,11,17H2,1-2H3. The van der Waals surface area contributed by atoms with Crippen molar-refractivity contribution in [3.8, 4) is 0 Å². The van der Waals surface area contributed by atoms with Crippen LogP contribution in [0, 0.1) is 5.92 Å². The predicted molar refractivity (Wildman–Crippen MR) is 79.1 cm³/mol. The van der Waals surface area contributed by atoms with Crippen LogP contribution in [-0.4, -0.2) is 6.04 Å². The summed E-state index contributed by atoms with van der Waals surface area (Å²) < 4.78 is 1.18. The van der Waals surface area contributed by atoms with Crippen LogP contribution in [0.2, 0.25) is 0 Å². The smallest absolute Gasteiger partial charge is 0.0207 e. The molecule has 2 N–H and O–H groups in total. The van der Waals surface area contributed by atoms with Crippen molar-refractivity contribution in [1.82, 2.24) is 0 Å². The SMILES string of the molecule is CCCCC(CC)C(N)Cc1ccccc1Br. The number of rotatable bonds is 7. The molecule has 0 aliphatic heterocycles. The summed E-state index contributed by atoms with van der Waals surface area (Å²) in [4.78, 5) is 0. The average molecular weight is 298 g/mol. The minimum atomic E-state index is 0.283. The van der Waals surface area contributed by atoms with Gasteiger partial charge in [0.15, 0.2) is 0 Å². The normalized spacial score (nSPS) is 14.6. The Morgan fingerprint density at radius 3 is 2.53 bits per heavy atom. The highest BCUT2D eigenvalue weighted by Gasteiger charge is 2.16. The summed E-state index contributed by atoms with van der Waals surface area (Å²) >= 11 is 3.59. The molecule has 0 heterocycles. The quantitative estimate of drug-likeness (QED) is 0.786. The van der Waals surface area contributed by atoms with Gasteiger partial charge in [-0.1, -0.05) is 67.2 Å². The molecule has 96 valence electrons. The van der Waals surface area contributed by atoms with E-state index in [9.17, 15) is 0 Å². The number of halogens is 1. The van der Waals surface area contributed by atoms with Gasteiger partial charge in [0.25, 0.3) is 0 Å². The molecule has 0 aliphatic carbocycles. The predicted octanol–water partition coefficient (Wildman–Crippen LogP) is 4.54. The van der Waals surface area contributed by atoms with E-state index in [1.165, 1.54) is 35.7 Å². The fourth-order valence-electron chi connectivity index (χ4n) is 2.27. The zero-order valence-corrected chi connectivity index (χ0v) is 12.5. The van der Waals surface area contributed by atoms with Crippen LogP contribution in [0.25, 0.3) is 0 Å². The number of unbranched alkanes of at least 4 members (excludes halogenated alkanes) is 1. The molecular formula is C15H24BrN. The van der Waals surface area contributed by atoms with Gasteiger partial charge in [-0.2, -0.15) is 0 Å². The van der Waals surface area contributed by atoms with E-state index in [4.69, 9.17) is 5.73 Å². The highest BCUT2D eigenvalue weighted by Crippen LogP contribution is 2.22. The summed E-state index contributed by atoms with van der Waals surface area (Å²) in [7, 11) is 0. The molecule has 0 saturated heterocycles. The number of hydrogen-bond donors (Lipinski definition) is 1. The summed E-state index contributed by atoms with van der Waals surface area (Å²) in [5.41, 5.74) is 7.68. The second-order valence-electron chi connectivity index (χ2n) is 4.77. The summed E-state index contributed by atoms with van der Waals surface area (Å²) in [5.74, 6) is 0.655. The zero-order valence-electron chi connectivity index (χ0n) is 11.0. The molecule has 0 saturated carbocycles. The third kappa shape index (κ3) is 4.81. The van der Waals surface area contributed by atoms with Crippen molar-refractivity contribution in [2.24, 2.45) is 11.7 Å². The molecule has 17 heavy (non-hydrogen) atoms. The summed E-state index contributed by atoms with van der Waals surface area (Å²) in [6.07, 6.45) is 5.98. The second kappa shape index (κ2) is 7.88. The highest BCUT2D eigenvalue weighted by molar-refractivity contribution is 9.10. The molecule has 2 heteroatoms. The first-order valence-corrected chi connectivity index (χ1v) is 7.47. The second-order valence-corrected chi connectivity index (χ2v) is 5.62. The summed E-state index contributed by atoms with van der Waals surface area (Å²) in [5, 5.41) is 0. The molecule has 1 aromatic rings. The van der Waals surface area contributed by atoms with Gasteiger partial charge in [-0.05, 0) is 30.4 Å². The third-order valence-corrected chi connectivity index (χ3v) is 4.25. The number of hydrogen-bond acceptors (Lipinski definition) is 1. The third-order valence-electron chi connectivity index (χ3n) is 3.47. The van der Waals surface area contributed by atoms with Gasteiger partial charge < -0.3 is 5.73 Å². The van der Waals surface area contributed by atoms with Crippen LogP contribution in [0.4, 0.5) is 0 Å². The lowest BCUT2D eigenvalue weighted by Crippen LogP contribution is -2.32. The number of benzene rings is 1. The molecule has 2 unspecified atom stereocenters. The molecule has 1 rings (SSSR count).